The molecule has 3 N–H and O–H groups in total. The molecule has 166 valence electrons. The molecule has 5 nitrogen and oxygen atoms in total. The molecule has 0 saturated heterocycles. The maximum absolute atomic E-state index is 14.2. The largest absolute Gasteiger partial charge is 0.391 e. The molecular weight excluding hydrogens is 412 g/mol. The van der Waals surface area contributed by atoms with Gasteiger partial charge in [0.15, 0.2) is 5.78 Å². The molecule has 1 saturated carbocycles. The van der Waals surface area contributed by atoms with Gasteiger partial charge in [0.1, 0.15) is 17.3 Å². The number of halogens is 2. The van der Waals surface area contributed by atoms with Crippen LogP contribution in [0.2, 0.25) is 0 Å². The molecule has 1 aliphatic rings. The molecule has 0 unspecified atom stereocenters. The molecule has 3 aromatic rings. The van der Waals surface area contributed by atoms with E-state index in [1.165, 1.54) is 18.2 Å². The van der Waals surface area contributed by atoms with E-state index in [0.717, 1.165) is 29.7 Å². The Bertz CT molecular complexity index is 1110. The molecule has 1 aromatic carbocycles. The van der Waals surface area contributed by atoms with E-state index in [-0.39, 0.29) is 47.0 Å². The zero-order valence-electron chi connectivity index (χ0n) is 17.7. The minimum Gasteiger partial charge on any atom is -0.391 e. The molecule has 0 spiro atoms. The predicted octanol–water partition coefficient (Wildman–Crippen LogP) is 4.05. The van der Waals surface area contributed by atoms with Gasteiger partial charge in [0.2, 0.25) is 0 Å². The van der Waals surface area contributed by atoms with Gasteiger partial charge in [-0.2, -0.15) is 0 Å². The summed E-state index contributed by atoms with van der Waals surface area (Å²) in [6.45, 7) is 1.97. The molecule has 0 radical (unpaired) electrons. The number of pyridine rings is 2. The van der Waals surface area contributed by atoms with Crippen molar-refractivity contribution in [2.45, 2.75) is 44.2 Å². The summed E-state index contributed by atoms with van der Waals surface area (Å²) in [5, 5.41) is 10.2. The molecule has 4 rings (SSSR count). The Balaban J connectivity index is 1.60. The van der Waals surface area contributed by atoms with Crippen LogP contribution >= 0.6 is 0 Å². The number of rotatable bonds is 5. The Kier molecular flexibility index (Phi) is 6.39. The lowest BCUT2D eigenvalue weighted by Gasteiger charge is -2.36. The second-order valence-electron chi connectivity index (χ2n) is 8.48. The monoisotopic (exact) mass is 437 g/mol. The lowest BCUT2D eigenvalue weighted by Crippen LogP contribution is -2.44. The molecular formula is C25H25F2N3O2. The quantitative estimate of drug-likeness (QED) is 0.588. The lowest BCUT2D eigenvalue weighted by atomic mass is 9.74. The van der Waals surface area contributed by atoms with E-state index in [4.69, 9.17) is 5.73 Å². The number of Topliss-reactive ketones (excluding diaryl/α,β-unsaturated/α-hetero) is 1. The third-order valence-corrected chi connectivity index (χ3v) is 6.22. The average molecular weight is 437 g/mol. The van der Waals surface area contributed by atoms with E-state index in [2.05, 4.69) is 9.97 Å². The van der Waals surface area contributed by atoms with Gasteiger partial charge in [-0.05, 0) is 66.1 Å². The van der Waals surface area contributed by atoms with Crippen LogP contribution in [-0.2, 0) is 6.42 Å². The van der Waals surface area contributed by atoms with Crippen molar-refractivity contribution in [3.05, 3.63) is 83.3 Å². The van der Waals surface area contributed by atoms with Crippen LogP contribution in [0.1, 0.15) is 47.3 Å². The fourth-order valence-electron chi connectivity index (χ4n) is 4.55. The normalized spacial score (nSPS) is 23.2. The van der Waals surface area contributed by atoms with Crippen LogP contribution in [0, 0.1) is 17.6 Å². The van der Waals surface area contributed by atoms with Crippen molar-refractivity contribution in [3.63, 3.8) is 0 Å². The highest BCUT2D eigenvalue weighted by molar-refractivity contribution is 5.96. The summed E-state index contributed by atoms with van der Waals surface area (Å²) in [6, 6.07) is 9.74. The van der Waals surface area contributed by atoms with Gasteiger partial charge in [-0.1, -0.05) is 19.1 Å². The number of aliphatic hydroxyl groups is 1. The first kappa shape index (κ1) is 22.2. The van der Waals surface area contributed by atoms with E-state index < -0.39 is 17.7 Å². The molecule has 0 aliphatic heterocycles. The van der Waals surface area contributed by atoms with E-state index >= 15 is 0 Å². The van der Waals surface area contributed by atoms with Crippen LogP contribution in [0.5, 0.6) is 0 Å². The van der Waals surface area contributed by atoms with Gasteiger partial charge < -0.3 is 10.8 Å². The summed E-state index contributed by atoms with van der Waals surface area (Å²) in [7, 11) is 0. The van der Waals surface area contributed by atoms with Crippen molar-refractivity contribution >= 4 is 5.78 Å². The van der Waals surface area contributed by atoms with Crippen LogP contribution in [0.4, 0.5) is 8.78 Å². The summed E-state index contributed by atoms with van der Waals surface area (Å²) in [5.74, 6) is -1.58. The van der Waals surface area contributed by atoms with Gasteiger partial charge >= 0.3 is 0 Å². The molecule has 1 aliphatic carbocycles. The number of carbonyl (C=O) groups is 1. The summed E-state index contributed by atoms with van der Waals surface area (Å²) in [6.07, 6.45) is 4.25. The number of benzene rings is 1. The van der Waals surface area contributed by atoms with Crippen molar-refractivity contribution in [2.24, 2.45) is 11.7 Å². The minimum atomic E-state index is -0.735. The Hall–Kier alpha value is -3.03. The van der Waals surface area contributed by atoms with Crippen molar-refractivity contribution in [2.75, 3.05) is 0 Å². The number of carbonyl (C=O) groups excluding carboxylic acids is 1. The van der Waals surface area contributed by atoms with E-state index in [9.17, 15) is 18.7 Å². The summed E-state index contributed by atoms with van der Waals surface area (Å²) < 4.78 is 28.3. The third kappa shape index (κ3) is 4.45. The first-order valence-corrected chi connectivity index (χ1v) is 10.7. The van der Waals surface area contributed by atoms with Crippen LogP contribution in [0.25, 0.3) is 11.3 Å². The van der Waals surface area contributed by atoms with Crippen LogP contribution in [-0.4, -0.2) is 33.0 Å². The molecule has 2 aromatic heterocycles. The average Bonchev–Trinajstić information content (AvgIpc) is 2.77. The van der Waals surface area contributed by atoms with Gasteiger partial charge in [-0.3, -0.25) is 9.78 Å². The molecule has 32 heavy (non-hydrogen) atoms. The third-order valence-electron chi connectivity index (χ3n) is 6.22. The lowest BCUT2D eigenvalue weighted by molar-refractivity contribution is 0.0519. The zero-order chi connectivity index (χ0) is 22.8. The van der Waals surface area contributed by atoms with Crippen molar-refractivity contribution in [1.29, 1.82) is 0 Å². The van der Waals surface area contributed by atoms with Gasteiger partial charge in [0.25, 0.3) is 0 Å². The zero-order valence-corrected chi connectivity index (χ0v) is 17.7. The summed E-state index contributed by atoms with van der Waals surface area (Å²) in [4.78, 5) is 21.5. The van der Waals surface area contributed by atoms with Crippen LogP contribution < -0.4 is 5.73 Å². The first-order valence-electron chi connectivity index (χ1n) is 10.7. The van der Waals surface area contributed by atoms with E-state index in [1.54, 1.807) is 18.5 Å². The SMILES string of the molecule is C[C@H]1C[C@@H](c2ccncc2CC(=O)c2cccc(-c3c(F)cccc3F)n2)C[C@@H](N)[C@H]1O. The van der Waals surface area contributed by atoms with Crippen molar-refractivity contribution in [1.82, 2.24) is 9.97 Å². The van der Waals surface area contributed by atoms with Gasteiger partial charge in [-0.15, -0.1) is 0 Å². The Morgan fingerprint density at radius 2 is 1.84 bits per heavy atom. The van der Waals surface area contributed by atoms with Crippen LogP contribution in [0.15, 0.2) is 54.9 Å². The molecule has 0 amide bonds. The fraction of sp³-hybridized carbons (Fsp3) is 0.320. The predicted molar refractivity (Wildman–Crippen MR) is 117 cm³/mol. The Morgan fingerprint density at radius 3 is 2.56 bits per heavy atom. The minimum absolute atomic E-state index is 0.0504. The number of nitrogens with two attached hydrogens (primary N) is 1. The first-order chi connectivity index (χ1) is 15.3. The van der Waals surface area contributed by atoms with Gasteiger partial charge in [-0.25, -0.2) is 13.8 Å². The number of hydrogen-bond acceptors (Lipinski definition) is 5. The highest BCUT2D eigenvalue weighted by Gasteiger charge is 2.34. The Morgan fingerprint density at radius 1 is 1.12 bits per heavy atom. The van der Waals surface area contributed by atoms with Crippen molar-refractivity contribution in [3.8, 4) is 11.3 Å². The standard InChI is InChI=1S/C25H25F2N3O2/c1-14-10-15(11-20(28)25(14)32)17-8-9-29-13-16(17)12-23(31)21-6-3-7-22(30-21)24-18(26)4-2-5-19(24)27/h2-9,13-15,20,25,32H,10-12,28H2,1H3/t14-,15+,20+,25-/m0/s1. The maximum Gasteiger partial charge on any atom is 0.185 e. The summed E-state index contributed by atoms with van der Waals surface area (Å²) in [5.41, 5.74) is 7.82. The number of aromatic nitrogens is 2. The van der Waals surface area contributed by atoms with Crippen LogP contribution in [0.3, 0.4) is 0 Å². The molecule has 4 atom stereocenters. The molecule has 0 bridgehead atoms. The maximum atomic E-state index is 14.2. The van der Waals surface area contributed by atoms with Crippen molar-refractivity contribution < 1.29 is 18.7 Å². The van der Waals surface area contributed by atoms with E-state index in [0.29, 0.717) is 6.42 Å². The highest BCUT2D eigenvalue weighted by Crippen LogP contribution is 2.37. The number of aliphatic hydroxyl groups excluding tert-OH is 1. The smallest absolute Gasteiger partial charge is 0.185 e. The number of nitrogens with zero attached hydrogens (tertiary/aromatic N) is 2. The second kappa shape index (κ2) is 9.22. The summed E-state index contributed by atoms with van der Waals surface area (Å²) >= 11 is 0. The van der Waals surface area contributed by atoms with Gasteiger partial charge in [0, 0.05) is 24.9 Å². The fourth-order valence-corrected chi connectivity index (χ4v) is 4.55. The Labute approximate surface area is 185 Å². The second-order valence-corrected chi connectivity index (χ2v) is 8.48. The molecule has 7 heteroatoms. The van der Waals surface area contributed by atoms with Gasteiger partial charge in [0.05, 0.1) is 17.4 Å². The number of ketones is 1. The van der Waals surface area contributed by atoms with E-state index in [1.807, 2.05) is 13.0 Å². The topological polar surface area (TPSA) is 89.1 Å². The molecule has 1 fully saturated rings. The highest BCUT2D eigenvalue weighted by atomic mass is 19.1. The molecule has 2 heterocycles. The number of hydrogen-bond donors (Lipinski definition) is 2.